The van der Waals surface area contributed by atoms with Crippen LogP contribution in [0.25, 0.3) is 0 Å². The highest BCUT2D eigenvalue weighted by Crippen LogP contribution is 2.25. The summed E-state index contributed by atoms with van der Waals surface area (Å²) in [6.07, 6.45) is 0.893. The lowest BCUT2D eigenvalue weighted by atomic mass is 9.97. The summed E-state index contributed by atoms with van der Waals surface area (Å²) in [5, 5.41) is 3.86. The number of thioether (sulfide) groups is 1. The molecule has 3 nitrogen and oxygen atoms in total. The standard InChI is InChI=1S/C20H24ClNO2S/c1-14(2)12-19(15-4-8-17(24-3)9-5-15)22-20(23)13-25-18-10-6-16(21)7-11-18/h4-11,14,19H,12-13H2,1-3H3,(H,22,23). The zero-order chi connectivity index (χ0) is 18.2. The maximum Gasteiger partial charge on any atom is 0.230 e. The third-order valence-electron chi connectivity index (χ3n) is 3.74. The van der Waals surface area contributed by atoms with E-state index in [0.717, 1.165) is 22.6 Å². The molecule has 5 heteroatoms. The van der Waals surface area contributed by atoms with E-state index in [1.54, 1.807) is 7.11 Å². The molecule has 2 aromatic carbocycles. The fourth-order valence-electron chi connectivity index (χ4n) is 2.50. The molecule has 1 amide bonds. The molecule has 1 N–H and O–H groups in total. The summed E-state index contributed by atoms with van der Waals surface area (Å²) in [5.74, 6) is 1.71. The zero-order valence-corrected chi connectivity index (χ0v) is 16.4. The molecule has 1 atom stereocenters. The molecule has 134 valence electrons. The first-order valence-corrected chi connectivity index (χ1v) is 9.66. The second kappa shape index (κ2) is 9.73. The van der Waals surface area contributed by atoms with Crippen LogP contribution in [-0.2, 0) is 4.79 Å². The Morgan fingerprint density at radius 2 is 1.76 bits per heavy atom. The number of carbonyl (C=O) groups is 1. The van der Waals surface area contributed by atoms with Crippen LogP contribution < -0.4 is 10.1 Å². The second-order valence-electron chi connectivity index (χ2n) is 6.27. The minimum atomic E-state index is 0.00391. The lowest BCUT2D eigenvalue weighted by Crippen LogP contribution is -2.30. The van der Waals surface area contributed by atoms with Crippen LogP contribution in [0.2, 0.25) is 5.02 Å². The maximum absolute atomic E-state index is 12.4. The number of carbonyl (C=O) groups excluding carboxylic acids is 1. The first-order chi connectivity index (χ1) is 12.0. The van der Waals surface area contributed by atoms with Crippen molar-refractivity contribution in [3.05, 3.63) is 59.1 Å². The first-order valence-electron chi connectivity index (χ1n) is 8.29. The fourth-order valence-corrected chi connectivity index (χ4v) is 3.34. The largest absolute Gasteiger partial charge is 0.497 e. The molecule has 0 aromatic heterocycles. The van der Waals surface area contributed by atoms with E-state index in [9.17, 15) is 4.79 Å². The van der Waals surface area contributed by atoms with Crippen molar-refractivity contribution in [1.82, 2.24) is 5.32 Å². The molecule has 1 unspecified atom stereocenters. The van der Waals surface area contributed by atoms with Gasteiger partial charge in [0.15, 0.2) is 0 Å². The molecule has 0 heterocycles. The Morgan fingerprint density at radius 1 is 1.12 bits per heavy atom. The van der Waals surface area contributed by atoms with Gasteiger partial charge in [0.25, 0.3) is 0 Å². The van der Waals surface area contributed by atoms with E-state index in [0.29, 0.717) is 16.7 Å². The van der Waals surface area contributed by atoms with Crippen molar-refractivity contribution in [3.8, 4) is 5.75 Å². The number of methoxy groups -OCH3 is 1. The fraction of sp³-hybridized carbons (Fsp3) is 0.350. The maximum atomic E-state index is 12.4. The average molecular weight is 378 g/mol. The molecule has 0 radical (unpaired) electrons. The van der Waals surface area contributed by atoms with Crippen molar-refractivity contribution in [1.29, 1.82) is 0 Å². The Balaban J connectivity index is 1.97. The Kier molecular flexibility index (Phi) is 7.66. The van der Waals surface area contributed by atoms with Gasteiger partial charge in [-0.25, -0.2) is 0 Å². The number of rotatable bonds is 8. The molecule has 0 saturated carbocycles. The quantitative estimate of drug-likeness (QED) is 0.630. The monoisotopic (exact) mass is 377 g/mol. The first kappa shape index (κ1) is 19.7. The smallest absolute Gasteiger partial charge is 0.230 e. The lowest BCUT2D eigenvalue weighted by Gasteiger charge is -2.21. The van der Waals surface area contributed by atoms with Gasteiger partial charge in [-0.1, -0.05) is 37.6 Å². The van der Waals surface area contributed by atoms with Gasteiger partial charge in [0.1, 0.15) is 5.75 Å². The van der Waals surface area contributed by atoms with E-state index in [1.807, 2.05) is 48.5 Å². The van der Waals surface area contributed by atoms with Crippen LogP contribution in [0.15, 0.2) is 53.4 Å². The number of halogens is 1. The highest BCUT2D eigenvalue weighted by atomic mass is 35.5. The van der Waals surface area contributed by atoms with Crippen molar-refractivity contribution < 1.29 is 9.53 Å². The predicted octanol–water partition coefficient (Wildman–Crippen LogP) is 5.34. The van der Waals surface area contributed by atoms with Gasteiger partial charge in [-0.3, -0.25) is 4.79 Å². The second-order valence-corrected chi connectivity index (χ2v) is 7.75. The SMILES string of the molecule is COc1ccc(C(CC(C)C)NC(=O)CSc2ccc(Cl)cc2)cc1. The Morgan fingerprint density at radius 3 is 2.32 bits per heavy atom. The van der Waals surface area contributed by atoms with Crippen LogP contribution in [0.4, 0.5) is 0 Å². The molecule has 2 aromatic rings. The number of hydrogen-bond acceptors (Lipinski definition) is 3. The molecule has 0 saturated heterocycles. The topological polar surface area (TPSA) is 38.3 Å². The van der Waals surface area contributed by atoms with E-state index >= 15 is 0 Å². The molecule has 2 rings (SSSR count). The van der Waals surface area contributed by atoms with Crippen LogP contribution in [0.3, 0.4) is 0 Å². The normalized spacial score (nSPS) is 12.0. The van der Waals surface area contributed by atoms with Crippen molar-refractivity contribution in [3.63, 3.8) is 0 Å². The highest BCUT2D eigenvalue weighted by Gasteiger charge is 2.16. The van der Waals surface area contributed by atoms with Gasteiger partial charge in [-0.15, -0.1) is 11.8 Å². The van der Waals surface area contributed by atoms with Gasteiger partial charge >= 0.3 is 0 Å². The third kappa shape index (κ3) is 6.63. The minimum absolute atomic E-state index is 0.00391. The van der Waals surface area contributed by atoms with Crippen LogP contribution >= 0.6 is 23.4 Å². The minimum Gasteiger partial charge on any atom is -0.497 e. The molecule has 0 aliphatic carbocycles. The van der Waals surface area contributed by atoms with Crippen molar-refractivity contribution in [2.24, 2.45) is 5.92 Å². The Labute approximate surface area is 159 Å². The number of amides is 1. The summed E-state index contributed by atoms with van der Waals surface area (Å²) < 4.78 is 5.21. The van der Waals surface area contributed by atoms with E-state index < -0.39 is 0 Å². The Bertz CT molecular complexity index is 671. The van der Waals surface area contributed by atoms with E-state index in [1.165, 1.54) is 11.8 Å². The van der Waals surface area contributed by atoms with Crippen LogP contribution in [-0.4, -0.2) is 18.8 Å². The average Bonchev–Trinajstić information content (AvgIpc) is 2.60. The van der Waals surface area contributed by atoms with Gasteiger partial charge in [0.2, 0.25) is 5.91 Å². The number of hydrogen-bond donors (Lipinski definition) is 1. The third-order valence-corrected chi connectivity index (χ3v) is 5.01. The lowest BCUT2D eigenvalue weighted by molar-refractivity contribution is -0.119. The summed E-state index contributed by atoms with van der Waals surface area (Å²) in [6.45, 7) is 4.32. The van der Waals surface area contributed by atoms with E-state index in [4.69, 9.17) is 16.3 Å². The van der Waals surface area contributed by atoms with Crippen LogP contribution in [0.1, 0.15) is 31.9 Å². The number of benzene rings is 2. The van der Waals surface area contributed by atoms with E-state index in [-0.39, 0.29) is 11.9 Å². The van der Waals surface area contributed by atoms with Crippen LogP contribution in [0, 0.1) is 5.92 Å². The van der Waals surface area contributed by atoms with Gasteiger partial charge in [-0.2, -0.15) is 0 Å². The summed E-state index contributed by atoms with van der Waals surface area (Å²) in [5.41, 5.74) is 1.10. The molecule has 0 aliphatic rings. The Hall–Kier alpha value is -1.65. The predicted molar refractivity (Wildman–Crippen MR) is 106 cm³/mol. The summed E-state index contributed by atoms with van der Waals surface area (Å²) in [6, 6.07) is 15.4. The molecular formula is C20H24ClNO2S. The van der Waals surface area contributed by atoms with E-state index in [2.05, 4.69) is 19.2 Å². The summed E-state index contributed by atoms with van der Waals surface area (Å²) >= 11 is 7.39. The molecule has 0 aliphatic heterocycles. The number of nitrogens with one attached hydrogen (secondary N) is 1. The van der Waals surface area contributed by atoms with Crippen molar-refractivity contribution in [2.75, 3.05) is 12.9 Å². The number of ether oxygens (including phenoxy) is 1. The molecule has 25 heavy (non-hydrogen) atoms. The van der Waals surface area contributed by atoms with Crippen LogP contribution in [0.5, 0.6) is 5.75 Å². The highest BCUT2D eigenvalue weighted by molar-refractivity contribution is 8.00. The molecule has 0 spiro atoms. The molecule has 0 bridgehead atoms. The van der Waals surface area contributed by atoms with Gasteiger partial charge in [0, 0.05) is 9.92 Å². The van der Waals surface area contributed by atoms with Gasteiger partial charge in [-0.05, 0) is 54.3 Å². The summed E-state index contributed by atoms with van der Waals surface area (Å²) in [7, 11) is 1.65. The molecule has 0 fully saturated rings. The van der Waals surface area contributed by atoms with Gasteiger partial charge in [0.05, 0.1) is 18.9 Å². The molecular weight excluding hydrogens is 354 g/mol. The zero-order valence-electron chi connectivity index (χ0n) is 14.8. The van der Waals surface area contributed by atoms with Gasteiger partial charge < -0.3 is 10.1 Å². The summed E-state index contributed by atoms with van der Waals surface area (Å²) in [4.78, 5) is 13.4. The van der Waals surface area contributed by atoms with Crippen molar-refractivity contribution in [2.45, 2.75) is 31.2 Å². The van der Waals surface area contributed by atoms with Crippen molar-refractivity contribution >= 4 is 29.3 Å².